The minimum atomic E-state index is -0.00863. The molecule has 1 amide bonds. The van der Waals surface area contributed by atoms with E-state index in [9.17, 15) is 4.79 Å². The maximum Gasteiger partial charge on any atom is 0.230 e. The number of halogens is 1. The van der Waals surface area contributed by atoms with Crippen LogP contribution in [0.4, 0.5) is 0 Å². The molecule has 1 heterocycles. The largest absolute Gasteiger partial charge is 0.496 e. The molecule has 0 fully saturated rings. The first-order chi connectivity index (χ1) is 12.5. The summed E-state index contributed by atoms with van der Waals surface area (Å²) < 4.78 is 5.33. The molecular weight excluding hydrogens is 372 g/mol. The van der Waals surface area contributed by atoms with Crippen LogP contribution in [-0.4, -0.2) is 40.0 Å². The number of unbranched alkanes of at least 4 members (excludes halogenated alkanes) is 2. The van der Waals surface area contributed by atoms with E-state index in [0.717, 1.165) is 18.4 Å². The first-order valence-corrected chi connectivity index (χ1v) is 10.1. The molecule has 6 nitrogen and oxygen atoms in total. The highest BCUT2D eigenvalue weighted by atomic mass is 35.5. The van der Waals surface area contributed by atoms with Gasteiger partial charge in [0.15, 0.2) is 5.82 Å². The number of carbonyl (C=O) groups is 1. The second kappa shape index (κ2) is 10.4. The molecule has 0 bridgehead atoms. The van der Waals surface area contributed by atoms with E-state index in [0.29, 0.717) is 21.8 Å². The van der Waals surface area contributed by atoms with Crippen LogP contribution in [0.5, 0.6) is 5.75 Å². The van der Waals surface area contributed by atoms with Gasteiger partial charge < -0.3 is 10.1 Å². The summed E-state index contributed by atoms with van der Waals surface area (Å²) in [5, 5.41) is 11.1. The lowest BCUT2D eigenvalue weighted by Gasteiger charge is -2.12. The number of carbonyl (C=O) groups excluding carboxylic acids is 1. The average molecular weight is 397 g/mol. The lowest BCUT2D eigenvalue weighted by Crippen LogP contribution is -2.33. The van der Waals surface area contributed by atoms with Gasteiger partial charge in [-0.1, -0.05) is 49.5 Å². The van der Waals surface area contributed by atoms with E-state index in [4.69, 9.17) is 16.3 Å². The second-order valence-corrected chi connectivity index (χ2v) is 7.44. The lowest BCUT2D eigenvalue weighted by molar-refractivity contribution is -0.119. The highest BCUT2D eigenvalue weighted by Gasteiger charge is 2.14. The Morgan fingerprint density at radius 1 is 1.42 bits per heavy atom. The van der Waals surface area contributed by atoms with E-state index in [2.05, 4.69) is 27.4 Å². The summed E-state index contributed by atoms with van der Waals surface area (Å²) in [6, 6.07) is 5.48. The number of nitrogens with zero attached hydrogens (tertiary/aromatic N) is 2. The van der Waals surface area contributed by atoms with Gasteiger partial charge in [-0.3, -0.25) is 9.89 Å². The Morgan fingerprint density at radius 3 is 2.96 bits per heavy atom. The van der Waals surface area contributed by atoms with Gasteiger partial charge in [0.05, 0.1) is 18.4 Å². The van der Waals surface area contributed by atoms with Crippen molar-refractivity contribution in [3.8, 4) is 17.1 Å². The summed E-state index contributed by atoms with van der Waals surface area (Å²) in [6.07, 6.45) is 4.52. The van der Waals surface area contributed by atoms with E-state index in [1.165, 1.54) is 24.6 Å². The second-order valence-electron chi connectivity index (χ2n) is 6.06. The fraction of sp³-hybridized carbons (Fsp3) is 0.500. The minimum absolute atomic E-state index is 0.00863. The Bertz CT molecular complexity index is 723. The molecule has 1 aromatic heterocycles. The molecule has 0 radical (unpaired) electrons. The topological polar surface area (TPSA) is 79.9 Å². The maximum atomic E-state index is 12.0. The zero-order chi connectivity index (χ0) is 18.9. The molecular formula is C18H25ClN4O2S. The van der Waals surface area contributed by atoms with Crippen molar-refractivity contribution in [3.05, 3.63) is 23.2 Å². The number of aromatic amines is 1. The maximum absolute atomic E-state index is 12.0. The molecule has 1 atom stereocenters. The van der Waals surface area contributed by atoms with E-state index in [-0.39, 0.29) is 17.7 Å². The van der Waals surface area contributed by atoms with Crippen LogP contribution in [0.2, 0.25) is 5.02 Å². The third-order valence-electron chi connectivity index (χ3n) is 3.86. The van der Waals surface area contributed by atoms with Crippen LogP contribution in [0.1, 0.15) is 39.5 Å². The number of methoxy groups -OCH3 is 1. The van der Waals surface area contributed by atoms with Gasteiger partial charge in [-0.25, -0.2) is 4.98 Å². The van der Waals surface area contributed by atoms with Crippen molar-refractivity contribution in [3.63, 3.8) is 0 Å². The van der Waals surface area contributed by atoms with Gasteiger partial charge >= 0.3 is 0 Å². The Hall–Kier alpha value is -1.73. The van der Waals surface area contributed by atoms with Gasteiger partial charge in [-0.15, -0.1) is 5.10 Å². The third kappa shape index (κ3) is 6.21. The van der Waals surface area contributed by atoms with Gasteiger partial charge in [-0.05, 0) is 31.5 Å². The molecule has 0 aliphatic heterocycles. The normalized spacial score (nSPS) is 12.0. The van der Waals surface area contributed by atoms with Crippen molar-refractivity contribution in [1.82, 2.24) is 20.5 Å². The first kappa shape index (κ1) is 20.6. The molecule has 2 N–H and O–H groups in total. The Balaban J connectivity index is 1.89. The summed E-state index contributed by atoms with van der Waals surface area (Å²) in [5.41, 5.74) is 0.730. The number of hydrogen-bond acceptors (Lipinski definition) is 5. The van der Waals surface area contributed by atoms with Crippen molar-refractivity contribution in [2.75, 3.05) is 12.9 Å². The third-order valence-corrected chi connectivity index (χ3v) is 4.94. The zero-order valence-electron chi connectivity index (χ0n) is 15.3. The SMILES string of the molecule is CCCCCC(C)NC(=O)CSc1n[nH]c(-c2cc(Cl)ccc2OC)n1. The Labute approximate surface area is 163 Å². The van der Waals surface area contributed by atoms with Gasteiger partial charge in [0.2, 0.25) is 11.1 Å². The highest BCUT2D eigenvalue weighted by Crippen LogP contribution is 2.31. The molecule has 2 aromatic rings. The number of aromatic nitrogens is 3. The van der Waals surface area contributed by atoms with E-state index < -0.39 is 0 Å². The number of thioether (sulfide) groups is 1. The molecule has 1 unspecified atom stereocenters. The summed E-state index contributed by atoms with van der Waals surface area (Å²) in [4.78, 5) is 16.5. The van der Waals surface area contributed by atoms with Crippen molar-refractivity contribution >= 4 is 29.3 Å². The highest BCUT2D eigenvalue weighted by molar-refractivity contribution is 7.99. The number of H-pyrrole nitrogens is 1. The first-order valence-electron chi connectivity index (χ1n) is 8.72. The lowest BCUT2D eigenvalue weighted by atomic mass is 10.1. The predicted molar refractivity (Wildman–Crippen MR) is 106 cm³/mol. The minimum Gasteiger partial charge on any atom is -0.496 e. The average Bonchev–Trinajstić information content (AvgIpc) is 3.09. The van der Waals surface area contributed by atoms with Crippen LogP contribution in [0.3, 0.4) is 0 Å². The van der Waals surface area contributed by atoms with Gasteiger partial charge in [-0.2, -0.15) is 0 Å². The van der Waals surface area contributed by atoms with Crippen LogP contribution in [0, 0.1) is 0 Å². The molecule has 26 heavy (non-hydrogen) atoms. The summed E-state index contributed by atoms with van der Waals surface area (Å²) in [6.45, 7) is 4.21. The number of rotatable bonds is 10. The Morgan fingerprint density at radius 2 is 2.23 bits per heavy atom. The molecule has 0 aliphatic rings. The molecule has 1 aromatic carbocycles. The summed E-state index contributed by atoms with van der Waals surface area (Å²) >= 11 is 7.34. The van der Waals surface area contributed by atoms with Crippen LogP contribution in [-0.2, 0) is 4.79 Å². The van der Waals surface area contributed by atoms with Crippen LogP contribution in [0.25, 0.3) is 11.4 Å². The van der Waals surface area contributed by atoms with Gasteiger partial charge in [0.1, 0.15) is 5.75 Å². The van der Waals surface area contributed by atoms with Crippen molar-refractivity contribution < 1.29 is 9.53 Å². The molecule has 0 saturated heterocycles. The van der Waals surface area contributed by atoms with E-state index in [1.54, 1.807) is 25.3 Å². The number of ether oxygens (including phenoxy) is 1. The monoisotopic (exact) mass is 396 g/mol. The van der Waals surface area contributed by atoms with Gasteiger partial charge in [0, 0.05) is 11.1 Å². The molecule has 0 saturated carbocycles. The zero-order valence-corrected chi connectivity index (χ0v) is 16.9. The molecule has 8 heteroatoms. The van der Waals surface area contributed by atoms with Crippen molar-refractivity contribution in [1.29, 1.82) is 0 Å². The number of amides is 1. The summed E-state index contributed by atoms with van der Waals surface area (Å²) in [5.74, 6) is 1.48. The van der Waals surface area contributed by atoms with Crippen LogP contribution < -0.4 is 10.1 Å². The fourth-order valence-electron chi connectivity index (χ4n) is 2.52. The number of nitrogens with one attached hydrogen (secondary N) is 2. The summed E-state index contributed by atoms with van der Waals surface area (Å²) in [7, 11) is 1.59. The van der Waals surface area contributed by atoms with Crippen LogP contribution >= 0.6 is 23.4 Å². The standard InChI is InChI=1S/C18H25ClN4O2S/c1-4-5-6-7-12(2)20-16(24)11-26-18-21-17(22-23-18)14-10-13(19)8-9-15(14)25-3/h8-10,12H,4-7,11H2,1-3H3,(H,20,24)(H,21,22,23). The van der Waals surface area contributed by atoms with Gasteiger partial charge in [0.25, 0.3) is 0 Å². The molecule has 142 valence electrons. The van der Waals surface area contributed by atoms with E-state index in [1.807, 2.05) is 6.92 Å². The molecule has 0 aliphatic carbocycles. The number of hydrogen-bond donors (Lipinski definition) is 2. The quantitative estimate of drug-likeness (QED) is 0.462. The molecule has 2 rings (SSSR count). The predicted octanol–water partition coefficient (Wildman–Crippen LogP) is 4.31. The van der Waals surface area contributed by atoms with Crippen molar-refractivity contribution in [2.24, 2.45) is 0 Å². The van der Waals surface area contributed by atoms with Crippen LogP contribution in [0.15, 0.2) is 23.4 Å². The Kier molecular flexibility index (Phi) is 8.25. The molecule has 0 spiro atoms. The fourth-order valence-corrected chi connectivity index (χ4v) is 3.30. The van der Waals surface area contributed by atoms with Crippen molar-refractivity contribution in [2.45, 2.75) is 50.7 Å². The van der Waals surface area contributed by atoms with E-state index >= 15 is 0 Å². The number of benzene rings is 1. The smallest absolute Gasteiger partial charge is 0.230 e.